The number of halogens is 1. The van der Waals surface area contributed by atoms with Gasteiger partial charge >= 0.3 is 0 Å². The van der Waals surface area contributed by atoms with Crippen molar-refractivity contribution in [2.75, 3.05) is 0 Å². The summed E-state index contributed by atoms with van der Waals surface area (Å²) in [7, 11) is 1.84. The Morgan fingerprint density at radius 1 is 0.955 bits per heavy atom. The third-order valence-electron chi connectivity index (χ3n) is 3.47. The molecule has 112 valence electrons. The monoisotopic (exact) mass is 312 g/mol. The Labute approximate surface area is 135 Å². The number of hydrogen-bond donors (Lipinski definition) is 0. The highest BCUT2D eigenvalue weighted by molar-refractivity contribution is 6.30. The molecule has 3 aromatic rings. The van der Waals surface area contributed by atoms with Crippen LogP contribution in [0.25, 0.3) is 11.3 Å². The molecule has 0 aliphatic heterocycles. The molecule has 0 spiro atoms. The van der Waals surface area contributed by atoms with Gasteiger partial charge in [-0.3, -0.25) is 4.68 Å². The highest BCUT2D eigenvalue weighted by Crippen LogP contribution is 2.29. The van der Waals surface area contributed by atoms with Crippen molar-refractivity contribution in [3.05, 3.63) is 76.9 Å². The van der Waals surface area contributed by atoms with E-state index in [0.29, 0.717) is 18.4 Å². The van der Waals surface area contributed by atoms with E-state index in [1.807, 2.05) is 67.7 Å². The van der Waals surface area contributed by atoms with Crippen molar-refractivity contribution < 1.29 is 4.74 Å². The van der Waals surface area contributed by atoms with Gasteiger partial charge in [0, 0.05) is 18.2 Å². The average molecular weight is 313 g/mol. The normalized spacial score (nSPS) is 10.8. The summed E-state index contributed by atoms with van der Waals surface area (Å²) in [6, 6.07) is 20.1. The Kier molecular flexibility index (Phi) is 4.56. The van der Waals surface area contributed by atoms with Gasteiger partial charge in [0.2, 0.25) is 0 Å². The van der Waals surface area contributed by atoms with E-state index in [2.05, 4.69) is 5.10 Å². The van der Waals surface area contributed by atoms with Gasteiger partial charge in [0.25, 0.3) is 0 Å². The molecule has 3 rings (SSSR count). The minimum absolute atomic E-state index is 0.436. The van der Waals surface area contributed by atoms with Crippen molar-refractivity contribution in [1.29, 1.82) is 0 Å². The van der Waals surface area contributed by atoms with E-state index in [1.165, 1.54) is 0 Å². The van der Waals surface area contributed by atoms with E-state index in [0.717, 1.165) is 22.4 Å². The van der Waals surface area contributed by atoms with Crippen molar-refractivity contribution in [3.8, 4) is 11.3 Å². The lowest BCUT2D eigenvalue weighted by Gasteiger charge is -2.06. The molecule has 0 atom stereocenters. The van der Waals surface area contributed by atoms with Crippen LogP contribution in [0.15, 0.2) is 60.7 Å². The van der Waals surface area contributed by atoms with Gasteiger partial charge in [0.15, 0.2) is 0 Å². The van der Waals surface area contributed by atoms with Crippen LogP contribution in [-0.4, -0.2) is 9.78 Å². The fourth-order valence-corrected chi connectivity index (χ4v) is 2.53. The summed E-state index contributed by atoms with van der Waals surface area (Å²) in [6.45, 7) is 0.992. The Balaban J connectivity index is 1.78. The van der Waals surface area contributed by atoms with Crippen molar-refractivity contribution in [2.45, 2.75) is 13.2 Å². The molecule has 0 saturated heterocycles. The molecule has 1 aromatic heterocycles. The SMILES string of the molecule is Cn1nc(-c2ccccc2)c(COCc2ccccc2)c1Cl. The van der Waals surface area contributed by atoms with E-state index in [-0.39, 0.29) is 0 Å². The molecular weight excluding hydrogens is 296 g/mol. The predicted octanol–water partition coefficient (Wildman–Crippen LogP) is 4.46. The van der Waals surface area contributed by atoms with Crippen LogP contribution in [0.3, 0.4) is 0 Å². The third-order valence-corrected chi connectivity index (χ3v) is 3.95. The van der Waals surface area contributed by atoms with Crippen LogP contribution < -0.4 is 0 Å². The molecule has 0 amide bonds. The first-order valence-corrected chi connectivity index (χ1v) is 7.52. The number of rotatable bonds is 5. The summed E-state index contributed by atoms with van der Waals surface area (Å²) in [5.41, 5.74) is 3.99. The largest absolute Gasteiger partial charge is 0.372 e. The predicted molar refractivity (Wildman–Crippen MR) is 88.6 cm³/mol. The molecule has 0 fully saturated rings. The summed E-state index contributed by atoms with van der Waals surface area (Å²) < 4.78 is 7.51. The lowest BCUT2D eigenvalue weighted by molar-refractivity contribution is 0.107. The van der Waals surface area contributed by atoms with Gasteiger partial charge in [0.05, 0.1) is 18.9 Å². The van der Waals surface area contributed by atoms with Crippen LogP contribution in [0.4, 0.5) is 0 Å². The van der Waals surface area contributed by atoms with Crippen LogP contribution in [0.1, 0.15) is 11.1 Å². The molecule has 0 N–H and O–H groups in total. The van der Waals surface area contributed by atoms with Gasteiger partial charge in [-0.15, -0.1) is 0 Å². The molecule has 0 unspecified atom stereocenters. The zero-order chi connectivity index (χ0) is 15.4. The molecule has 0 bridgehead atoms. The highest BCUT2D eigenvalue weighted by Gasteiger charge is 2.16. The van der Waals surface area contributed by atoms with Crippen molar-refractivity contribution in [1.82, 2.24) is 9.78 Å². The Bertz CT molecular complexity index is 739. The Hall–Kier alpha value is -2.10. The first-order chi connectivity index (χ1) is 10.8. The number of nitrogens with zero attached hydrogens (tertiary/aromatic N) is 2. The van der Waals surface area contributed by atoms with E-state index < -0.39 is 0 Å². The van der Waals surface area contributed by atoms with Gasteiger partial charge in [-0.05, 0) is 5.56 Å². The minimum Gasteiger partial charge on any atom is -0.372 e. The van der Waals surface area contributed by atoms with Gasteiger partial charge < -0.3 is 4.74 Å². The number of aromatic nitrogens is 2. The molecule has 0 radical (unpaired) electrons. The van der Waals surface area contributed by atoms with E-state index in [4.69, 9.17) is 16.3 Å². The van der Waals surface area contributed by atoms with Crippen molar-refractivity contribution in [3.63, 3.8) is 0 Å². The van der Waals surface area contributed by atoms with Crippen molar-refractivity contribution in [2.24, 2.45) is 7.05 Å². The summed E-state index contributed by atoms with van der Waals surface area (Å²) in [4.78, 5) is 0. The second-order valence-electron chi connectivity index (χ2n) is 5.09. The minimum atomic E-state index is 0.436. The highest BCUT2D eigenvalue weighted by atomic mass is 35.5. The summed E-state index contributed by atoms with van der Waals surface area (Å²) in [5, 5.41) is 5.13. The average Bonchev–Trinajstić information content (AvgIpc) is 2.85. The zero-order valence-corrected chi connectivity index (χ0v) is 13.1. The lowest BCUT2D eigenvalue weighted by Crippen LogP contribution is -1.96. The smallest absolute Gasteiger partial charge is 0.132 e. The molecule has 0 aliphatic carbocycles. The van der Waals surface area contributed by atoms with Gasteiger partial charge in [-0.25, -0.2) is 0 Å². The van der Waals surface area contributed by atoms with Gasteiger partial charge in [0.1, 0.15) is 5.15 Å². The molecule has 22 heavy (non-hydrogen) atoms. The van der Waals surface area contributed by atoms with Crippen LogP contribution in [0, 0.1) is 0 Å². The number of aryl methyl sites for hydroxylation is 1. The summed E-state index contributed by atoms with van der Waals surface area (Å²) in [6.07, 6.45) is 0. The maximum absolute atomic E-state index is 6.37. The van der Waals surface area contributed by atoms with Crippen LogP contribution >= 0.6 is 11.6 Å². The molecule has 1 heterocycles. The molecule has 0 saturated carbocycles. The van der Waals surface area contributed by atoms with Crippen LogP contribution in [0.5, 0.6) is 0 Å². The van der Waals surface area contributed by atoms with E-state index in [9.17, 15) is 0 Å². The Morgan fingerprint density at radius 3 is 2.27 bits per heavy atom. The topological polar surface area (TPSA) is 27.1 Å². The maximum atomic E-state index is 6.37. The first kappa shape index (κ1) is 14.8. The second kappa shape index (κ2) is 6.77. The molecule has 0 aliphatic rings. The van der Waals surface area contributed by atoms with Gasteiger partial charge in [-0.2, -0.15) is 5.10 Å². The molecular formula is C18H17ClN2O. The van der Waals surface area contributed by atoms with Crippen LogP contribution in [0.2, 0.25) is 5.15 Å². The zero-order valence-electron chi connectivity index (χ0n) is 12.4. The number of ether oxygens (including phenoxy) is 1. The van der Waals surface area contributed by atoms with Crippen LogP contribution in [-0.2, 0) is 25.0 Å². The van der Waals surface area contributed by atoms with E-state index >= 15 is 0 Å². The van der Waals surface area contributed by atoms with Crippen molar-refractivity contribution >= 4 is 11.6 Å². The standard InChI is InChI=1S/C18H17ClN2O/c1-21-18(19)16(13-22-12-14-8-4-2-5-9-14)17(20-21)15-10-6-3-7-11-15/h2-11H,12-13H2,1H3. The Morgan fingerprint density at radius 2 is 1.59 bits per heavy atom. The maximum Gasteiger partial charge on any atom is 0.132 e. The first-order valence-electron chi connectivity index (χ1n) is 7.14. The van der Waals surface area contributed by atoms with E-state index in [1.54, 1.807) is 4.68 Å². The fourth-order valence-electron chi connectivity index (χ4n) is 2.35. The second-order valence-corrected chi connectivity index (χ2v) is 5.44. The molecule has 4 heteroatoms. The fraction of sp³-hybridized carbons (Fsp3) is 0.167. The number of hydrogen-bond acceptors (Lipinski definition) is 2. The third kappa shape index (κ3) is 3.21. The number of benzene rings is 2. The molecule has 3 nitrogen and oxygen atoms in total. The summed E-state index contributed by atoms with van der Waals surface area (Å²) in [5.74, 6) is 0. The summed E-state index contributed by atoms with van der Waals surface area (Å²) >= 11 is 6.37. The lowest BCUT2D eigenvalue weighted by atomic mass is 10.1. The molecule has 2 aromatic carbocycles. The van der Waals surface area contributed by atoms with Gasteiger partial charge in [-0.1, -0.05) is 72.3 Å². The quantitative estimate of drug-likeness (QED) is 0.695.